The van der Waals surface area contributed by atoms with Crippen LogP contribution >= 0.6 is 0 Å². The van der Waals surface area contributed by atoms with E-state index in [4.69, 9.17) is 0 Å². The Kier molecular flexibility index (Phi) is 4.09. The Morgan fingerprint density at radius 1 is 1.32 bits per heavy atom. The standard InChI is InChI=1S/C13H18N4O2/c1-3-16(4-2)12(18)10-8-17(9-10)13(19)11-7-14-5-6-15-11/h5-7,10H,3-4,8-9H2,1-2H3. The van der Waals surface area contributed by atoms with Crippen LogP contribution in [0.15, 0.2) is 18.6 Å². The molecule has 19 heavy (non-hydrogen) atoms. The Morgan fingerprint density at radius 3 is 2.53 bits per heavy atom. The molecule has 102 valence electrons. The van der Waals surface area contributed by atoms with E-state index in [1.54, 1.807) is 9.80 Å². The number of amides is 2. The van der Waals surface area contributed by atoms with E-state index in [0.29, 0.717) is 31.9 Å². The molecule has 0 saturated carbocycles. The molecule has 0 aliphatic carbocycles. The van der Waals surface area contributed by atoms with Crippen molar-refractivity contribution >= 4 is 11.8 Å². The fourth-order valence-corrected chi connectivity index (χ4v) is 2.17. The summed E-state index contributed by atoms with van der Waals surface area (Å²) < 4.78 is 0. The highest BCUT2D eigenvalue weighted by atomic mass is 16.2. The van der Waals surface area contributed by atoms with Crippen LogP contribution < -0.4 is 0 Å². The number of carbonyl (C=O) groups excluding carboxylic acids is 2. The van der Waals surface area contributed by atoms with Crippen LogP contribution in [0.25, 0.3) is 0 Å². The summed E-state index contributed by atoms with van der Waals surface area (Å²) in [6.45, 7) is 6.30. The maximum Gasteiger partial charge on any atom is 0.274 e. The Hall–Kier alpha value is -1.98. The summed E-state index contributed by atoms with van der Waals surface area (Å²) in [4.78, 5) is 35.3. The number of aromatic nitrogens is 2. The van der Waals surface area contributed by atoms with E-state index in [-0.39, 0.29) is 17.7 Å². The molecule has 0 radical (unpaired) electrons. The van der Waals surface area contributed by atoms with Crippen LogP contribution in [-0.2, 0) is 4.79 Å². The first kappa shape index (κ1) is 13.5. The third-order valence-electron chi connectivity index (χ3n) is 3.38. The SMILES string of the molecule is CCN(CC)C(=O)C1CN(C(=O)c2cnccn2)C1. The average Bonchev–Trinajstić information content (AvgIpc) is 2.39. The van der Waals surface area contributed by atoms with Crippen LogP contribution in [0.4, 0.5) is 0 Å². The van der Waals surface area contributed by atoms with Crippen LogP contribution in [0, 0.1) is 5.92 Å². The number of rotatable bonds is 4. The normalized spacial score (nSPS) is 14.9. The van der Waals surface area contributed by atoms with Crippen molar-refractivity contribution in [1.29, 1.82) is 0 Å². The van der Waals surface area contributed by atoms with E-state index in [1.807, 2.05) is 13.8 Å². The summed E-state index contributed by atoms with van der Waals surface area (Å²) in [7, 11) is 0. The van der Waals surface area contributed by atoms with Crippen molar-refractivity contribution in [2.45, 2.75) is 13.8 Å². The van der Waals surface area contributed by atoms with E-state index >= 15 is 0 Å². The van der Waals surface area contributed by atoms with Crippen LogP contribution in [0.5, 0.6) is 0 Å². The molecule has 1 aliphatic heterocycles. The first-order valence-corrected chi connectivity index (χ1v) is 6.51. The van der Waals surface area contributed by atoms with Crippen molar-refractivity contribution in [3.8, 4) is 0 Å². The predicted molar refractivity (Wildman–Crippen MR) is 69.4 cm³/mol. The lowest BCUT2D eigenvalue weighted by molar-refractivity contribution is -0.139. The lowest BCUT2D eigenvalue weighted by Gasteiger charge is -2.40. The summed E-state index contributed by atoms with van der Waals surface area (Å²) in [6.07, 6.45) is 4.47. The largest absolute Gasteiger partial charge is 0.343 e. The minimum atomic E-state index is -0.156. The summed E-state index contributed by atoms with van der Waals surface area (Å²) >= 11 is 0. The van der Waals surface area contributed by atoms with Crippen molar-refractivity contribution in [3.05, 3.63) is 24.3 Å². The van der Waals surface area contributed by atoms with Gasteiger partial charge >= 0.3 is 0 Å². The van der Waals surface area contributed by atoms with Crippen molar-refractivity contribution in [2.24, 2.45) is 5.92 Å². The Balaban J connectivity index is 1.90. The highest BCUT2D eigenvalue weighted by Crippen LogP contribution is 2.20. The van der Waals surface area contributed by atoms with Gasteiger partial charge in [0.1, 0.15) is 5.69 Å². The molecule has 1 fully saturated rings. The molecule has 0 unspecified atom stereocenters. The molecule has 0 bridgehead atoms. The zero-order valence-electron chi connectivity index (χ0n) is 11.2. The summed E-state index contributed by atoms with van der Waals surface area (Å²) in [6, 6.07) is 0. The highest BCUT2D eigenvalue weighted by molar-refractivity contribution is 5.94. The molecule has 1 saturated heterocycles. The molecule has 0 N–H and O–H groups in total. The van der Waals surface area contributed by atoms with Gasteiger partial charge in [0.15, 0.2) is 0 Å². The molecule has 1 aromatic rings. The van der Waals surface area contributed by atoms with E-state index in [2.05, 4.69) is 9.97 Å². The maximum absolute atomic E-state index is 12.1. The van der Waals surface area contributed by atoms with Crippen LogP contribution in [0.2, 0.25) is 0 Å². The van der Waals surface area contributed by atoms with Gasteiger partial charge in [-0.15, -0.1) is 0 Å². The van der Waals surface area contributed by atoms with Gasteiger partial charge in [-0.2, -0.15) is 0 Å². The van der Waals surface area contributed by atoms with Crippen molar-refractivity contribution < 1.29 is 9.59 Å². The fraction of sp³-hybridized carbons (Fsp3) is 0.538. The predicted octanol–water partition coefficient (Wildman–Crippen LogP) is 0.417. The zero-order valence-corrected chi connectivity index (χ0v) is 11.2. The Labute approximate surface area is 112 Å². The summed E-state index contributed by atoms with van der Waals surface area (Å²) in [5.74, 6) is -0.0922. The Bertz CT molecular complexity index is 453. The van der Waals surface area contributed by atoms with Gasteiger partial charge in [-0.05, 0) is 13.8 Å². The number of nitrogens with zero attached hydrogens (tertiary/aromatic N) is 4. The van der Waals surface area contributed by atoms with E-state index in [0.717, 1.165) is 0 Å². The molecule has 6 nitrogen and oxygen atoms in total. The molecule has 6 heteroatoms. The van der Waals surface area contributed by atoms with Gasteiger partial charge < -0.3 is 9.80 Å². The maximum atomic E-state index is 12.1. The second kappa shape index (κ2) is 5.77. The van der Waals surface area contributed by atoms with Crippen LogP contribution in [0.1, 0.15) is 24.3 Å². The first-order valence-electron chi connectivity index (χ1n) is 6.51. The van der Waals surface area contributed by atoms with Crippen LogP contribution in [-0.4, -0.2) is 57.8 Å². The van der Waals surface area contributed by atoms with E-state index in [1.165, 1.54) is 18.6 Å². The molecule has 0 aromatic carbocycles. The quantitative estimate of drug-likeness (QED) is 0.788. The summed E-state index contributed by atoms with van der Waals surface area (Å²) in [5.41, 5.74) is 0.330. The van der Waals surface area contributed by atoms with Gasteiger partial charge in [-0.3, -0.25) is 14.6 Å². The van der Waals surface area contributed by atoms with Crippen molar-refractivity contribution in [3.63, 3.8) is 0 Å². The fourth-order valence-electron chi connectivity index (χ4n) is 2.17. The zero-order chi connectivity index (χ0) is 13.8. The van der Waals surface area contributed by atoms with Gasteiger partial charge in [0, 0.05) is 38.6 Å². The highest BCUT2D eigenvalue weighted by Gasteiger charge is 2.37. The van der Waals surface area contributed by atoms with Crippen molar-refractivity contribution in [1.82, 2.24) is 19.8 Å². The van der Waals surface area contributed by atoms with Gasteiger partial charge in [0.05, 0.1) is 12.1 Å². The number of carbonyl (C=O) groups is 2. The molecule has 2 rings (SSSR count). The average molecular weight is 262 g/mol. The third-order valence-corrected chi connectivity index (χ3v) is 3.38. The molecule has 0 atom stereocenters. The van der Waals surface area contributed by atoms with Gasteiger partial charge in [0.2, 0.25) is 5.91 Å². The Morgan fingerprint density at radius 2 is 2.00 bits per heavy atom. The number of hydrogen-bond donors (Lipinski definition) is 0. The lowest BCUT2D eigenvalue weighted by Crippen LogP contribution is -2.56. The van der Waals surface area contributed by atoms with E-state index < -0.39 is 0 Å². The van der Waals surface area contributed by atoms with Crippen LogP contribution in [0.3, 0.4) is 0 Å². The smallest absolute Gasteiger partial charge is 0.274 e. The topological polar surface area (TPSA) is 66.4 Å². The molecule has 1 aliphatic rings. The van der Waals surface area contributed by atoms with E-state index in [9.17, 15) is 9.59 Å². The lowest BCUT2D eigenvalue weighted by atomic mass is 9.98. The molecule has 2 heterocycles. The molecule has 2 amide bonds. The van der Waals surface area contributed by atoms with Crippen molar-refractivity contribution in [2.75, 3.05) is 26.2 Å². The van der Waals surface area contributed by atoms with Gasteiger partial charge in [-0.25, -0.2) is 4.98 Å². The molecule has 0 spiro atoms. The molecular formula is C13H18N4O2. The second-order valence-electron chi connectivity index (χ2n) is 4.51. The van der Waals surface area contributed by atoms with Gasteiger partial charge in [-0.1, -0.05) is 0 Å². The number of hydrogen-bond acceptors (Lipinski definition) is 4. The second-order valence-corrected chi connectivity index (χ2v) is 4.51. The minimum absolute atomic E-state index is 0.0690. The van der Waals surface area contributed by atoms with Gasteiger partial charge in [0.25, 0.3) is 5.91 Å². The number of likely N-dealkylation sites (tertiary alicyclic amines) is 1. The third kappa shape index (κ3) is 2.72. The summed E-state index contributed by atoms with van der Waals surface area (Å²) in [5, 5.41) is 0. The first-order chi connectivity index (χ1) is 9.17. The monoisotopic (exact) mass is 262 g/mol. The minimum Gasteiger partial charge on any atom is -0.343 e. The molecular weight excluding hydrogens is 244 g/mol. The molecule has 1 aromatic heterocycles.